The van der Waals surface area contributed by atoms with E-state index >= 15 is 0 Å². The highest BCUT2D eigenvalue weighted by Gasteiger charge is 2.20. The maximum atomic E-state index is 12.6. The average molecular weight is 403 g/mol. The van der Waals surface area contributed by atoms with Crippen LogP contribution in [0.25, 0.3) is 0 Å². The van der Waals surface area contributed by atoms with Crippen LogP contribution in [-0.4, -0.2) is 34.6 Å². The maximum Gasteiger partial charge on any atom is 0.263 e. The van der Waals surface area contributed by atoms with Crippen LogP contribution in [0, 0.1) is 0 Å². The Morgan fingerprint density at radius 2 is 1.80 bits per heavy atom. The topological polar surface area (TPSA) is 84.5 Å². The van der Waals surface area contributed by atoms with Gasteiger partial charge in [0.15, 0.2) is 0 Å². The molecule has 0 heterocycles. The van der Waals surface area contributed by atoms with E-state index < -0.39 is 15.9 Å². The van der Waals surface area contributed by atoms with Gasteiger partial charge in [0.05, 0.1) is 11.6 Å². The average Bonchev–Trinajstić information content (AvgIpc) is 2.57. The Bertz CT molecular complexity index is 855. The number of ether oxygens (including phenoxy) is 1. The van der Waals surface area contributed by atoms with Crippen molar-refractivity contribution in [3.63, 3.8) is 0 Å². The minimum atomic E-state index is -3.97. The van der Waals surface area contributed by atoms with Crippen LogP contribution >= 0.6 is 23.2 Å². The van der Waals surface area contributed by atoms with Crippen molar-refractivity contribution in [2.24, 2.45) is 0 Å². The number of sulfonamides is 1. The number of benzene rings is 2. The van der Waals surface area contributed by atoms with Gasteiger partial charge in [-0.2, -0.15) is 0 Å². The largest absolute Gasteiger partial charge is 0.383 e. The lowest BCUT2D eigenvalue weighted by Crippen LogP contribution is -2.27. The molecule has 2 aromatic carbocycles. The van der Waals surface area contributed by atoms with Crippen LogP contribution in [0.4, 0.5) is 5.69 Å². The fraction of sp³-hybridized carbons (Fsp3) is 0.188. The van der Waals surface area contributed by atoms with Crippen molar-refractivity contribution in [1.29, 1.82) is 0 Å². The van der Waals surface area contributed by atoms with Crippen molar-refractivity contribution in [1.82, 2.24) is 5.32 Å². The third kappa shape index (κ3) is 5.34. The van der Waals surface area contributed by atoms with Gasteiger partial charge < -0.3 is 10.1 Å². The fourth-order valence-corrected chi connectivity index (χ4v) is 3.66. The molecule has 0 aromatic heterocycles. The second-order valence-electron chi connectivity index (χ2n) is 5.01. The van der Waals surface area contributed by atoms with Crippen LogP contribution in [0.1, 0.15) is 10.4 Å². The summed E-state index contributed by atoms with van der Waals surface area (Å²) in [6.45, 7) is 0.658. The smallest absolute Gasteiger partial charge is 0.263 e. The lowest BCUT2D eigenvalue weighted by atomic mass is 10.2. The molecule has 0 aliphatic carbocycles. The highest BCUT2D eigenvalue weighted by Crippen LogP contribution is 2.25. The first-order valence-corrected chi connectivity index (χ1v) is 9.42. The van der Waals surface area contributed by atoms with Gasteiger partial charge in [0.2, 0.25) is 0 Å². The number of nitrogens with one attached hydrogen (secondary N) is 2. The Kier molecular flexibility index (Phi) is 6.66. The van der Waals surface area contributed by atoms with Crippen molar-refractivity contribution in [2.45, 2.75) is 4.90 Å². The molecular formula is C16H16Cl2N2O4S. The van der Waals surface area contributed by atoms with Crippen LogP contribution in [-0.2, 0) is 14.8 Å². The van der Waals surface area contributed by atoms with Crippen LogP contribution in [0.5, 0.6) is 0 Å². The highest BCUT2D eigenvalue weighted by molar-refractivity contribution is 7.92. The second kappa shape index (κ2) is 8.53. The van der Waals surface area contributed by atoms with E-state index in [1.54, 1.807) is 12.1 Å². The van der Waals surface area contributed by atoms with Gasteiger partial charge in [0.25, 0.3) is 15.9 Å². The molecule has 0 saturated heterocycles. The molecule has 0 unspecified atom stereocenters. The first-order valence-electron chi connectivity index (χ1n) is 7.18. The number of carbonyl (C=O) groups excluding carboxylic acids is 1. The molecule has 2 aromatic rings. The SMILES string of the molecule is COCCNC(=O)c1ccc(Cl)c(S(=O)(=O)Nc2ccc(Cl)cc2)c1. The van der Waals surface area contributed by atoms with E-state index in [4.69, 9.17) is 27.9 Å². The van der Waals surface area contributed by atoms with E-state index in [9.17, 15) is 13.2 Å². The summed E-state index contributed by atoms with van der Waals surface area (Å²) in [5, 5.41) is 3.11. The summed E-state index contributed by atoms with van der Waals surface area (Å²) in [5.74, 6) is -0.420. The number of amides is 1. The van der Waals surface area contributed by atoms with E-state index in [-0.39, 0.29) is 15.5 Å². The number of halogens is 2. The number of anilines is 1. The molecule has 2 N–H and O–H groups in total. The third-order valence-electron chi connectivity index (χ3n) is 3.17. The summed E-state index contributed by atoms with van der Waals surface area (Å²) < 4.78 is 32.4. The maximum absolute atomic E-state index is 12.6. The molecule has 0 atom stereocenters. The Labute approximate surface area is 156 Å². The lowest BCUT2D eigenvalue weighted by molar-refractivity contribution is 0.0937. The summed E-state index contributed by atoms with van der Waals surface area (Å²) >= 11 is 11.8. The summed E-state index contributed by atoms with van der Waals surface area (Å²) in [6.07, 6.45) is 0. The molecule has 134 valence electrons. The van der Waals surface area contributed by atoms with Crippen molar-refractivity contribution in [3.05, 3.63) is 58.1 Å². The van der Waals surface area contributed by atoms with Gasteiger partial charge in [-0.05, 0) is 42.5 Å². The minimum Gasteiger partial charge on any atom is -0.383 e. The van der Waals surface area contributed by atoms with Crippen LogP contribution in [0.2, 0.25) is 10.0 Å². The summed E-state index contributed by atoms with van der Waals surface area (Å²) in [4.78, 5) is 11.9. The molecule has 0 fully saturated rings. The zero-order valence-electron chi connectivity index (χ0n) is 13.3. The molecule has 0 aliphatic heterocycles. The molecule has 0 radical (unpaired) electrons. The van der Waals surface area contributed by atoms with Gasteiger partial charge >= 0.3 is 0 Å². The summed E-state index contributed by atoms with van der Waals surface area (Å²) in [7, 11) is -2.45. The number of hydrogen-bond acceptors (Lipinski definition) is 4. The third-order valence-corrected chi connectivity index (χ3v) is 5.29. The van der Waals surface area contributed by atoms with E-state index in [0.29, 0.717) is 23.9 Å². The Morgan fingerprint density at radius 3 is 2.44 bits per heavy atom. The predicted octanol–water partition coefficient (Wildman–Crippen LogP) is 3.17. The quantitative estimate of drug-likeness (QED) is 0.696. The zero-order valence-corrected chi connectivity index (χ0v) is 15.6. The monoisotopic (exact) mass is 402 g/mol. The van der Waals surface area contributed by atoms with Gasteiger partial charge in [-0.25, -0.2) is 8.42 Å². The normalized spacial score (nSPS) is 11.2. The van der Waals surface area contributed by atoms with Crippen molar-refractivity contribution < 1.29 is 17.9 Å². The van der Waals surface area contributed by atoms with Gasteiger partial charge in [-0.15, -0.1) is 0 Å². The molecule has 0 saturated carbocycles. The molecule has 0 spiro atoms. The van der Waals surface area contributed by atoms with Gasteiger partial charge in [0.1, 0.15) is 4.90 Å². The first-order chi connectivity index (χ1) is 11.8. The minimum absolute atomic E-state index is 0.00917. The number of methoxy groups -OCH3 is 1. The van der Waals surface area contributed by atoms with Crippen molar-refractivity contribution in [3.8, 4) is 0 Å². The van der Waals surface area contributed by atoms with Crippen LogP contribution in [0.3, 0.4) is 0 Å². The van der Waals surface area contributed by atoms with Crippen molar-refractivity contribution in [2.75, 3.05) is 25.0 Å². The van der Waals surface area contributed by atoms with E-state index in [0.717, 1.165) is 0 Å². The second-order valence-corrected chi connectivity index (χ2v) is 7.50. The Balaban J connectivity index is 2.26. The molecule has 9 heteroatoms. The zero-order chi connectivity index (χ0) is 18.4. The molecule has 0 bridgehead atoms. The number of rotatable bonds is 7. The van der Waals surface area contributed by atoms with Crippen molar-refractivity contribution >= 4 is 44.8 Å². The molecule has 2 rings (SSSR count). The van der Waals surface area contributed by atoms with Crippen LogP contribution in [0.15, 0.2) is 47.4 Å². The van der Waals surface area contributed by atoms with E-state index in [1.165, 1.54) is 37.4 Å². The van der Waals surface area contributed by atoms with Gasteiger partial charge in [0, 0.05) is 29.9 Å². The van der Waals surface area contributed by atoms with E-state index in [2.05, 4.69) is 10.0 Å². The predicted molar refractivity (Wildman–Crippen MR) is 97.9 cm³/mol. The van der Waals surface area contributed by atoms with Crippen LogP contribution < -0.4 is 10.0 Å². The summed E-state index contributed by atoms with van der Waals surface area (Å²) in [6, 6.07) is 10.2. The lowest BCUT2D eigenvalue weighted by Gasteiger charge is -2.11. The standard InChI is InChI=1S/C16H16Cl2N2O4S/c1-24-9-8-19-16(21)11-2-7-14(18)15(10-11)25(22,23)20-13-5-3-12(17)4-6-13/h2-7,10,20H,8-9H2,1H3,(H,19,21). The Morgan fingerprint density at radius 1 is 1.12 bits per heavy atom. The van der Waals surface area contributed by atoms with E-state index in [1.807, 2.05) is 0 Å². The molecule has 25 heavy (non-hydrogen) atoms. The first kappa shape index (κ1) is 19.5. The van der Waals surface area contributed by atoms with Gasteiger partial charge in [-0.1, -0.05) is 23.2 Å². The number of hydrogen-bond donors (Lipinski definition) is 2. The molecular weight excluding hydrogens is 387 g/mol. The highest BCUT2D eigenvalue weighted by atomic mass is 35.5. The molecule has 6 nitrogen and oxygen atoms in total. The number of carbonyl (C=O) groups is 1. The Hall–Kier alpha value is -1.80. The van der Waals surface area contributed by atoms with Gasteiger partial charge in [-0.3, -0.25) is 9.52 Å². The molecule has 1 amide bonds. The fourth-order valence-electron chi connectivity index (χ4n) is 1.95. The molecule has 0 aliphatic rings. The summed E-state index contributed by atoms with van der Waals surface area (Å²) in [5.41, 5.74) is 0.507.